The number of anilines is 1. The summed E-state index contributed by atoms with van der Waals surface area (Å²) < 4.78 is 5.23. The average molecular weight is 345 g/mol. The molecule has 1 aromatic rings. The van der Waals surface area contributed by atoms with Gasteiger partial charge in [-0.15, -0.1) is 0 Å². The summed E-state index contributed by atoms with van der Waals surface area (Å²) in [6.07, 6.45) is 6.56. The van der Waals surface area contributed by atoms with Crippen molar-refractivity contribution in [2.45, 2.75) is 64.9 Å². The van der Waals surface area contributed by atoms with E-state index in [1.54, 1.807) is 31.2 Å². The van der Waals surface area contributed by atoms with Gasteiger partial charge in [0.25, 0.3) is 5.91 Å². The van der Waals surface area contributed by atoms with Crippen LogP contribution in [0.5, 0.6) is 0 Å². The highest BCUT2D eigenvalue weighted by Gasteiger charge is 2.20. The Labute approximate surface area is 149 Å². The van der Waals surface area contributed by atoms with Crippen LogP contribution < -0.4 is 5.32 Å². The fourth-order valence-corrected chi connectivity index (χ4v) is 3.14. The van der Waals surface area contributed by atoms with Crippen molar-refractivity contribution in [1.82, 2.24) is 0 Å². The van der Waals surface area contributed by atoms with E-state index in [2.05, 4.69) is 5.32 Å². The molecule has 0 unspecified atom stereocenters. The van der Waals surface area contributed by atoms with Crippen molar-refractivity contribution in [1.29, 1.82) is 0 Å². The van der Waals surface area contributed by atoms with Gasteiger partial charge < -0.3 is 10.1 Å². The number of ketones is 1. The van der Waals surface area contributed by atoms with Crippen molar-refractivity contribution >= 4 is 23.3 Å². The standard InChI is InChI=1S/C20H27NO4/c1-14(22)17-9-11-18(12-10-17)21-20(24)15(2)25-19(23)13-8-16-6-4-3-5-7-16/h9-12,15-16H,3-8,13H2,1-2H3,(H,21,24)/t15-/m1/s1. The van der Waals surface area contributed by atoms with Crippen molar-refractivity contribution < 1.29 is 19.1 Å². The van der Waals surface area contributed by atoms with Gasteiger partial charge in [0, 0.05) is 17.7 Å². The molecule has 0 saturated heterocycles. The quantitative estimate of drug-likeness (QED) is 0.596. The lowest BCUT2D eigenvalue weighted by atomic mass is 9.86. The maximum Gasteiger partial charge on any atom is 0.306 e. The maximum absolute atomic E-state index is 12.1. The Morgan fingerprint density at radius 1 is 1.12 bits per heavy atom. The lowest BCUT2D eigenvalue weighted by Gasteiger charge is -2.21. The predicted molar refractivity (Wildman–Crippen MR) is 96.4 cm³/mol. The predicted octanol–water partition coefficient (Wildman–Crippen LogP) is 4.12. The molecule has 1 saturated carbocycles. The van der Waals surface area contributed by atoms with Crippen LogP contribution in [0.4, 0.5) is 5.69 Å². The molecule has 0 aliphatic heterocycles. The molecule has 5 heteroatoms. The average Bonchev–Trinajstić information content (AvgIpc) is 2.61. The van der Waals surface area contributed by atoms with E-state index in [1.807, 2.05) is 0 Å². The molecule has 2 rings (SSSR count). The summed E-state index contributed by atoms with van der Waals surface area (Å²) in [5.41, 5.74) is 1.15. The summed E-state index contributed by atoms with van der Waals surface area (Å²) in [5.74, 6) is -0.106. The van der Waals surface area contributed by atoms with E-state index in [0.29, 0.717) is 23.6 Å². The molecule has 1 N–H and O–H groups in total. The van der Waals surface area contributed by atoms with Crippen LogP contribution in [-0.2, 0) is 14.3 Å². The lowest BCUT2D eigenvalue weighted by Crippen LogP contribution is -2.30. The molecule has 0 bridgehead atoms. The van der Waals surface area contributed by atoms with Crippen LogP contribution in [0.2, 0.25) is 0 Å². The first-order valence-electron chi connectivity index (χ1n) is 9.07. The number of nitrogens with one attached hydrogen (secondary N) is 1. The van der Waals surface area contributed by atoms with E-state index >= 15 is 0 Å². The van der Waals surface area contributed by atoms with Gasteiger partial charge in [0.05, 0.1) is 0 Å². The Kier molecular flexibility index (Phi) is 7.16. The molecule has 5 nitrogen and oxygen atoms in total. The van der Waals surface area contributed by atoms with Crippen molar-refractivity contribution in [3.63, 3.8) is 0 Å². The number of hydrogen-bond donors (Lipinski definition) is 1. The van der Waals surface area contributed by atoms with Crippen LogP contribution >= 0.6 is 0 Å². The first kappa shape index (κ1) is 19.2. The minimum absolute atomic E-state index is 0.0295. The molecule has 25 heavy (non-hydrogen) atoms. The van der Waals surface area contributed by atoms with Crippen LogP contribution in [0.15, 0.2) is 24.3 Å². The zero-order chi connectivity index (χ0) is 18.2. The van der Waals surface area contributed by atoms with E-state index in [1.165, 1.54) is 39.0 Å². The zero-order valence-electron chi connectivity index (χ0n) is 15.0. The fraction of sp³-hybridized carbons (Fsp3) is 0.550. The topological polar surface area (TPSA) is 72.5 Å². The number of carbonyl (C=O) groups excluding carboxylic acids is 3. The van der Waals surface area contributed by atoms with Gasteiger partial charge in [-0.1, -0.05) is 32.1 Å². The second-order valence-electron chi connectivity index (χ2n) is 6.80. The molecule has 0 spiro atoms. The molecule has 1 amide bonds. The maximum atomic E-state index is 12.1. The first-order chi connectivity index (χ1) is 12.0. The summed E-state index contributed by atoms with van der Waals surface area (Å²) in [5, 5.41) is 2.69. The van der Waals surface area contributed by atoms with Crippen molar-refractivity contribution in [3.05, 3.63) is 29.8 Å². The van der Waals surface area contributed by atoms with Gasteiger partial charge in [0.2, 0.25) is 0 Å². The van der Waals surface area contributed by atoms with E-state index in [0.717, 1.165) is 6.42 Å². The highest BCUT2D eigenvalue weighted by molar-refractivity contribution is 5.97. The molecule has 1 aromatic carbocycles. The Morgan fingerprint density at radius 2 is 1.76 bits per heavy atom. The van der Waals surface area contributed by atoms with Crippen molar-refractivity contribution in [2.75, 3.05) is 5.32 Å². The molecule has 136 valence electrons. The molecule has 1 fully saturated rings. The normalized spacial score (nSPS) is 16.1. The zero-order valence-corrected chi connectivity index (χ0v) is 15.0. The first-order valence-corrected chi connectivity index (χ1v) is 9.07. The van der Waals surface area contributed by atoms with Gasteiger partial charge >= 0.3 is 5.97 Å². The highest BCUT2D eigenvalue weighted by atomic mass is 16.5. The third-order valence-corrected chi connectivity index (χ3v) is 4.72. The Morgan fingerprint density at radius 3 is 2.36 bits per heavy atom. The van der Waals surface area contributed by atoms with Crippen LogP contribution in [-0.4, -0.2) is 23.8 Å². The SMILES string of the molecule is CC(=O)c1ccc(NC(=O)[C@@H](C)OC(=O)CCC2CCCCC2)cc1. The number of benzene rings is 1. The van der Waals surface area contributed by atoms with Gasteiger partial charge in [0.1, 0.15) is 0 Å². The second kappa shape index (κ2) is 9.35. The molecule has 1 aliphatic rings. The van der Waals surface area contributed by atoms with Crippen LogP contribution in [0.1, 0.15) is 69.2 Å². The molecule has 0 aromatic heterocycles. The van der Waals surface area contributed by atoms with Gasteiger partial charge in [-0.05, 0) is 50.5 Å². The summed E-state index contributed by atoms with van der Waals surface area (Å²) >= 11 is 0. The number of esters is 1. The number of amides is 1. The molecule has 0 radical (unpaired) electrons. The molecule has 1 aliphatic carbocycles. The highest BCUT2D eigenvalue weighted by Crippen LogP contribution is 2.27. The number of ether oxygens (including phenoxy) is 1. The second-order valence-corrected chi connectivity index (χ2v) is 6.80. The monoisotopic (exact) mass is 345 g/mol. The van der Waals surface area contributed by atoms with Gasteiger partial charge in [-0.2, -0.15) is 0 Å². The minimum atomic E-state index is -0.841. The Hall–Kier alpha value is -2.17. The van der Waals surface area contributed by atoms with E-state index in [9.17, 15) is 14.4 Å². The molecular weight excluding hydrogens is 318 g/mol. The molecule has 0 heterocycles. The number of Topliss-reactive ketones (excluding diaryl/α,β-unsaturated/α-hetero) is 1. The molecule has 1 atom stereocenters. The van der Waals surface area contributed by atoms with Crippen molar-refractivity contribution in [3.8, 4) is 0 Å². The van der Waals surface area contributed by atoms with Crippen LogP contribution in [0, 0.1) is 5.92 Å². The van der Waals surface area contributed by atoms with Crippen LogP contribution in [0.25, 0.3) is 0 Å². The van der Waals surface area contributed by atoms with E-state index in [4.69, 9.17) is 4.74 Å². The van der Waals surface area contributed by atoms with E-state index in [-0.39, 0.29) is 17.7 Å². The number of hydrogen-bond acceptors (Lipinski definition) is 4. The summed E-state index contributed by atoms with van der Waals surface area (Å²) in [7, 11) is 0. The Balaban J connectivity index is 1.74. The van der Waals surface area contributed by atoms with Crippen molar-refractivity contribution in [2.24, 2.45) is 5.92 Å². The lowest BCUT2D eigenvalue weighted by molar-refractivity contribution is -0.153. The molecular formula is C20H27NO4. The Bertz CT molecular complexity index is 603. The summed E-state index contributed by atoms with van der Waals surface area (Å²) in [4.78, 5) is 35.3. The largest absolute Gasteiger partial charge is 0.453 e. The van der Waals surface area contributed by atoms with E-state index < -0.39 is 6.10 Å². The van der Waals surface area contributed by atoms with Crippen LogP contribution in [0.3, 0.4) is 0 Å². The summed E-state index contributed by atoms with van der Waals surface area (Å²) in [6.45, 7) is 3.06. The van der Waals surface area contributed by atoms with Gasteiger partial charge in [0.15, 0.2) is 11.9 Å². The third kappa shape index (κ3) is 6.33. The summed E-state index contributed by atoms with van der Waals surface area (Å²) in [6, 6.07) is 6.62. The fourth-order valence-electron chi connectivity index (χ4n) is 3.14. The minimum Gasteiger partial charge on any atom is -0.453 e. The van der Waals surface area contributed by atoms with Gasteiger partial charge in [-0.25, -0.2) is 0 Å². The smallest absolute Gasteiger partial charge is 0.306 e. The third-order valence-electron chi connectivity index (χ3n) is 4.72. The number of carbonyl (C=O) groups is 3. The number of rotatable bonds is 7. The van der Waals surface area contributed by atoms with Gasteiger partial charge in [-0.3, -0.25) is 14.4 Å².